The zero-order chi connectivity index (χ0) is 0. The maximum atomic E-state index is 0. The molecular formula is H3F2LiNdY. The van der Waals surface area contributed by atoms with E-state index in [1.165, 1.54) is 0 Å². The Morgan fingerprint density at radius 2 is 1.00 bits per heavy atom. The molecule has 0 heterocycles. The average Bonchev–Trinajstić information content (AvgIpc) is 0. The summed E-state index contributed by atoms with van der Waals surface area (Å²) in [6.07, 6.45) is 0. The van der Waals surface area contributed by atoms with Gasteiger partial charge in [0.25, 0.3) is 0 Å². The first-order valence-corrected chi connectivity index (χ1v) is 0. The van der Waals surface area contributed by atoms with E-state index in [0.29, 0.717) is 0 Å². The molecule has 0 N–H and O–H groups in total. The third-order valence-electron chi connectivity index (χ3n) is 0. The minimum absolute atomic E-state index is 0. The van der Waals surface area contributed by atoms with E-state index in [4.69, 9.17) is 0 Å². The van der Waals surface area contributed by atoms with Gasteiger partial charge in [-0.05, 0) is 0 Å². The minimum atomic E-state index is 0. The summed E-state index contributed by atoms with van der Waals surface area (Å²) in [7, 11) is 0. The summed E-state index contributed by atoms with van der Waals surface area (Å²) in [6.45, 7) is 0. The van der Waals surface area contributed by atoms with Crippen LogP contribution in [0.5, 0.6) is 0 Å². The van der Waals surface area contributed by atoms with Gasteiger partial charge in [0.15, 0.2) is 0 Å². The van der Waals surface area contributed by atoms with Gasteiger partial charge in [0, 0.05) is 73.5 Å². The van der Waals surface area contributed by atoms with Crippen molar-refractivity contribution >= 4 is 0 Å². The summed E-state index contributed by atoms with van der Waals surface area (Å²) in [5, 5.41) is 0. The second-order valence-corrected chi connectivity index (χ2v) is 0. The van der Waals surface area contributed by atoms with E-state index in [1.54, 1.807) is 0 Å². The van der Waals surface area contributed by atoms with Crippen molar-refractivity contribution in [1.29, 1.82) is 0 Å². The fourth-order valence-corrected chi connectivity index (χ4v) is 0. The van der Waals surface area contributed by atoms with Crippen molar-refractivity contribution in [3.63, 3.8) is 0 Å². The molecule has 25 valence electrons. The second-order valence-electron chi connectivity index (χ2n) is 0. The molecule has 0 bridgehead atoms. The van der Waals surface area contributed by atoms with Gasteiger partial charge >= 0.3 is 18.9 Å². The Kier molecular flexibility index (Phi) is 254. The van der Waals surface area contributed by atoms with Crippen molar-refractivity contribution in [1.82, 2.24) is 0 Å². The van der Waals surface area contributed by atoms with Crippen LogP contribution in [0.1, 0.15) is 1.43 Å². The zero-order valence-corrected chi connectivity index (χ0v) is 8.94. The molecule has 0 aromatic rings. The van der Waals surface area contributed by atoms with Crippen LogP contribution in [0.4, 0.5) is 9.41 Å². The van der Waals surface area contributed by atoms with E-state index in [0.717, 1.165) is 0 Å². The van der Waals surface area contributed by atoms with Crippen LogP contribution < -0.4 is 18.9 Å². The van der Waals surface area contributed by atoms with Gasteiger partial charge in [-0.25, -0.2) is 0 Å². The van der Waals surface area contributed by atoms with E-state index in [9.17, 15) is 0 Å². The molecule has 0 aliphatic heterocycles. The van der Waals surface area contributed by atoms with E-state index in [1.807, 2.05) is 0 Å². The molecule has 0 amide bonds. The van der Waals surface area contributed by atoms with Crippen molar-refractivity contribution in [2.75, 3.05) is 0 Å². The van der Waals surface area contributed by atoms with Crippen LogP contribution in [0, 0.1) is 40.8 Å². The van der Waals surface area contributed by atoms with E-state index in [2.05, 4.69) is 0 Å². The van der Waals surface area contributed by atoms with E-state index < -0.39 is 0 Å². The summed E-state index contributed by atoms with van der Waals surface area (Å²) in [6, 6.07) is 0. The topological polar surface area (TPSA) is 0 Å². The van der Waals surface area contributed by atoms with Gasteiger partial charge in [-0.1, -0.05) is 0 Å². The molecule has 0 rings (SSSR count). The number of hydrogen-bond acceptors (Lipinski definition) is 0. The van der Waals surface area contributed by atoms with Crippen LogP contribution in [0.15, 0.2) is 0 Å². The molecule has 1 radical (unpaired) electrons. The Hall–Kier alpha value is 2.91. The molecular weight excluding hydrogens is 278 g/mol. The zero-order valence-electron chi connectivity index (χ0n) is 3.89. The smallest absolute Gasteiger partial charge is 1.00 e. The molecule has 0 aromatic carbocycles. The number of hydrogen-bond donors (Lipinski definition) is 0. The molecule has 0 aliphatic carbocycles. The Labute approximate surface area is 101 Å². The van der Waals surface area contributed by atoms with Crippen LogP contribution in [0.3, 0.4) is 0 Å². The molecule has 5 heavy (non-hydrogen) atoms. The molecule has 5 heteroatoms. The predicted octanol–water partition coefficient (Wildman–Crippen LogP) is -2.58. The molecule has 0 saturated heterocycles. The fraction of sp³-hybridized carbons (Fsp3) is 0. The molecule has 0 fully saturated rings. The van der Waals surface area contributed by atoms with Gasteiger partial charge in [0.1, 0.15) is 0 Å². The number of rotatable bonds is 0. The van der Waals surface area contributed by atoms with Crippen molar-refractivity contribution in [3.8, 4) is 0 Å². The van der Waals surface area contributed by atoms with Crippen LogP contribution in [0.2, 0.25) is 0 Å². The predicted molar refractivity (Wildman–Crippen MR) is 6.12 cm³/mol. The Bertz CT molecular complexity index is 13.5. The third kappa shape index (κ3) is 19.7. The number of halogens is 2. The molecule has 0 aromatic heterocycles. The van der Waals surface area contributed by atoms with Crippen molar-refractivity contribution in [2.24, 2.45) is 0 Å². The van der Waals surface area contributed by atoms with E-state index >= 15 is 0 Å². The first-order valence-electron chi connectivity index (χ1n) is 0. The molecule has 0 nitrogen and oxygen atoms in total. The van der Waals surface area contributed by atoms with Crippen molar-refractivity contribution in [3.05, 3.63) is 0 Å². The van der Waals surface area contributed by atoms with E-state index in [-0.39, 0.29) is 103 Å². The van der Waals surface area contributed by atoms with Crippen LogP contribution in [-0.2, 0) is 32.7 Å². The molecule has 0 spiro atoms. The van der Waals surface area contributed by atoms with Gasteiger partial charge in [-0.15, -0.1) is 0 Å². The normalized spacial score (nSPS) is 0. The monoisotopic (exact) mass is 279 g/mol. The molecule has 0 saturated carbocycles. The van der Waals surface area contributed by atoms with Crippen LogP contribution in [-0.4, -0.2) is 0 Å². The SMILES string of the molecule is F.F.[H-].[Li+].[Nd].[Y]. The van der Waals surface area contributed by atoms with Crippen molar-refractivity contribution < 1.29 is 103 Å². The summed E-state index contributed by atoms with van der Waals surface area (Å²) in [5.41, 5.74) is 0. The Balaban J connectivity index is 0. The second kappa shape index (κ2) is 28.5. The molecule has 0 aliphatic rings. The summed E-state index contributed by atoms with van der Waals surface area (Å²) >= 11 is 0. The average molecular weight is 281 g/mol. The maximum Gasteiger partial charge on any atom is 1.00 e. The maximum absolute atomic E-state index is 0. The Morgan fingerprint density at radius 1 is 1.00 bits per heavy atom. The van der Waals surface area contributed by atoms with Gasteiger partial charge in [0.05, 0.1) is 0 Å². The first-order chi connectivity index (χ1) is 0. The van der Waals surface area contributed by atoms with Gasteiger partial charge in [-0.2, -0.15) is 0 Å². The summed E-state index contributed by atoms with van der Waals surface area (Å²) in [5.74, 6) is 0. The first kappa shape index (κ1) is 44.6. The van der Waals surface area contributed by atoms with Gasteiger partial charge in [0.2, 0.25) is 0 Å². The minimum Gasteiger partial charge on any atom is -1.00 e. The van der Waals surface area contributed by atoms with Gasteiger partial charge < -0.3 is 1.43 Å². The third-order valence-corrected chi connectivity index (χ3v) is 0. The summed E-state index contributed by atoms with van der Waals surface area (Å²) < 4.78 is 0. The largest absolute Gasteiger partial charge is 1.00 e. The quantitative estimate of drug-likeness (QED) is 0.428. The van der Waals surface area contributed by atoms with Crippen LogP contribution in [0.25, 0.3) is 0 Å². The molecule has 0 unspecified atom stereocenters. The molecule has 0 atom stereocenters. The van der Waals surface area contributed by atoms with Gasteiger partial charge in [-0.3, -0.25) is 9.41 Å². The summed E-state index contributed by atoms with van der Waals surface area (Å²) in [4.78, 5) is 0. The standard InChI is InChI=1S/2FH.Li.Nd.Y.H/h2*1H;;;;/q;;+1;;;-1. The van der Waals surface area contributed by atoms with Crippen LogP contribution >= 0.6 is 0 Å². The fourth-order valence-electron chi connectivity index (χ4n) is 0. The Morgan fingerprint density at radius 3 is 1.00 bits per heavy atom. The van der Waals surface area contributed by atoms with Crippen molar-refractivity contribution in [2.45, 2.75) is 0 Å².